The van der Waals surface area contributed by atoms with Gasteiger partial charge in [-0.25, -0.2) is 0 Å². The van der Waals surface area contributed by atoms with Gasteiger partial charge in [0.15, 0.2) is 6.10 Å². The second-order valence-electron chi connectivity index (χ2n) is 5.79. The zero-order valence-electron chi connectivity index (χ0n) is 13.0. The fourth-order valence-corrected chi connectivity index (χ4v) is 2.76. The van der Waals surface area contributed by atoms with Gasteiger partial charge >= 0.3 is 0 Å². The topological polar surface area (TPSA) is 49.8 Å². The predicted molar refractivity (Wildman–Crippen MR) is 85.6 cm³/mol. The van der Waals surface area contributed by atoms with E-state index in [0.29, 0.717) is 17.9 Å². The minimum Gasteiger partial charge on any atom is -0.508 e. The first-order valence-electron chi connectivity index (χ1n) is 7.29. The van der Waals surface area contributed by atoms with Gasteiger partial charge in [-0.3, -0.25) is 4.79 Å². The van der Waals surface area contributed by atoms with Crippen LogP contribution in [0.5, 0.6) is 11.5 Å². The lowest BCUT2D eigenvalue weighted by Gasteiger charge is -2.32. The summed E-state index contributed by atoms with van der Waals surface area (Å²) in [5.41, 5.74) is 4.09. The van der Waals surface area contributed by atoms with Gasteiger partial charge in [0.05, 0.1) is 5.69 Å². The molecule has 22 heavy (non-hydrogen) atoms. The fourth-order valence-electron chi connectivity index (χ4n) is 2.76. The molecule has 2 aromatic rings. The number of hydrogen-bond acceptors (Lipinski definition) is 3. The molecule has 0 saturated heterocycles. The number of ether oxygens (including phenoxy) is 1. The molecule has 2 aromatic carbocycles. The molecule has 0 aliphatic carbocycles. The number of phenols is 1. The summed E-state index contributed by atoms with van der Waals surface area (Å²) in [6.45, 7) is 4.07. The summed E-state index contributed by atoms with van der Waals surface area (Å²) in [7, 11) is 1.73. The van der Waals surface area contributed by atoms with Crippen LogP contribution in [0.4, 0.5) is 5.69 Å². The molecule has 1 N–H and O–H groups in total. The normalized spacial score (nSPS) is 17.1. The Labute approximate surface area is 130 Å². The number of nitrogens with zero attached hydrogens (tertiary/aromatic N) is 1. The SMILES string of the molecule is Cc1ccc(C)c(CC2Oc3cc(O)ccc3N(C)C2=O)c1. The lowest BCUT2D eigenvalue weighted by atomic mass is 9.99. The third-order valence-corrected chi connectivity index (χ3v) is 4.09. The molecule has 1 heterocycles. The monoisotopic (exact) mass is 297 g/mol. The molecule has 1 amide bonds. The Bertz CT molecular complexity index is 739. The lowest BCUT2D eigenvalue weighted by Crippen LogP contribution is -2.45. The first-order chi connectivity index (χ1) is 10.5. The number of carbonyl (C=O) groups is 1. The van der Waals surface area contributed by atoms with E-state index in [-0.39, 0.29) is 11.7 Å². The molecule has 1 atom stereocenters. The zero-order chi connectivity index (χ0) is 15.9. The number of amides is 1. The van der Waals surface area contributed by atoms with E-state index in [9.17, 15) is 9.90 Å². The Kier molecular flexibility index (Phi) is 3.53. The highest BCUT2D eigenvalue weighted by molar-refractivity contribution is 5.99. The van der Waals surface area contributed by atoms with Gasteiger partial charge in [-0.15, -0.1) is 0 Å². The molecule has 0 spiro atoms. The molecule has 1 unspecified atom stereocenters. The second kappa shape index (κ2) is 5.37. The van der Waals surface area contributed by atoms with Crippen molar-refractivity contribution in [2.45, 2.75) is 26.4 Å². The standard InChI is InChI=1S/C18H19NO3/c1-11-4-5-12(2)13(8-11)9-17-18(21)19(3)15-7-6-14(20)10-16(15)22-17/h4-8,10,17,20H,9H2,1-3H3. The van der Waals surface area contributed by atoms with Crippen molar-refractivity contribution >= 4 is 11.6 Å². The van der Waals surface area contributed by atoms with Gasteiger partial charge in [0.2, 0.25) is 0 Å². The number of fused-ring (bicyclic) bond motifs is 1. The van der Waals surface area contributed by atoms with Gasteiger partial charge in [0.1, 0.15) is 11.5 Å². The van der Waals surface area contributed by atoms with E-state index in [4.69, 9.17) is 4.74 Å². The van der Waals surface area contributed by atoms with Crippen LogP contribution in [0.3, 0.4) is 0 Å². The Morgan fingerprint density at radius 2 is 1.95 bits per heavy atom. The van der Waals surface area contributed by atoms with Crippen molar-refractivity contribution in [2.75, 3.05) is 11.9 Å². The van der Waals surface area contributed by atoms with Crippen molar-refractivity contribution in [3.05, 3.63) is 53.1 Å². The maximum Gasteiger partial charge on any atom is 0.268 e. The summed E-state index contributed by atoms with van der Waals surface area (Å²) >= 11 is 0. The van der Waals surface area contributed by atoms with Crippen molar-refractivity contribution in [1.82, 2.24) is 0 Å². The van der Waals surface area contributed by atoms with E-state index in [2.05, 4.69) is 18.2 Å². The van der Waals surface area contributed by atoms with E-state index in [1.54, 1.807) is 30.1 Å². The third kappa shape index (κ3) is 2.52. The summed E-state index contributed by atoms with van der Waals surface area (Å²) in [6.07, 6.45) is -0.0500. The van der Waals surface area contributed by atoms with Crippen LogP contribution in [0.1, 0.15) is 16.7 Å². The Balaban J connectivity index is 1.92. The number of phenolic OH excluding ortho intramolecular Hbond substituents is 1. The van der Waals surface area contributed by atoms with Gasteiger partial charge in [0, 0.05) is 19.5 Å². The van der Waals surface area contributed by atoms with Crippen LogP contribution in [-0.2, 0) is 11.2 Å². The maximum absolute atomic E-state index is 12.5. The van der Waals surface area contributed by atoms with Crippen molar-refractivity contribution < 1.29 is 14.6 Å². The van der Waals surface area contributed by atoms with Crippen LogP contribution in [-0.4, -0.2) is 24.2 Å². The molecular weight excluding hydrogens is 278 g/mol. The third-order valence-electron chi connectivity index (χ3n) is 4.09. The van der Waals surface area contributed by atoms with Crippen LogP contribution >= 0.6 is 0 Å². The summed E-state index contributed by atoms with van der Waals surface area (Å²) < 4.78 is 5.84. The maximum atomic E-state index is 12.5. The molecular formula is C18H19NO3. The molecule has 0 fully saturated rings. The average Bonchev–Trinajstić information content (AvgIpc) is 2.48. The number of carbonyl (C=O) groups excluding carboxylic acids is 1. The first kappa shape index (κ1) is 14.4. The van der Waals surface area contributed by atoms with Crippen molar-refractivity contribution in [3.8, 4) is 11.5 Å². The van der Waals surface area contributed by atoms with Gasteiger partial charge in [-0.2, -0.15) is 0 Å². The largest absolute Gasteiger partial charge is 0.508 e. The molecule has 0 saturated carbocycles. The molecule has 1 aliphatic rings. The summed E-state index contributed by atoms with van der Waals surface area (Å²) in [4.78, 5) is 14.1. The number of benzene rings is 2. The smallest absolute Gasteiger partial charge is 0.268 e. The number of anilines is 1. The van der Waals surface area contributed by atoms with E-state index < -0.39 is 6.10 Å². The predicted octanol–water partition coefficient (Wildman–Crippen LogP) is 2.98. The van der Waals surface area contributed by atoms with Crippen LogP contribution < -0.4 is 9.64 Å². The van der Waals surface area contributed by atoms with E-state index >= 15 is 0 Å². The summed E-state index contributed by atoms with van der Waals surface area (Å²) in [5, 5.41) is 9.61. The summed E-state index contributed by atoms with van der Waals surface area (Å²) in [6, 6.07) is 11.0. The number of aryl methyl sites for hydroxylation is 2. The van der Waals surface area contributed by atoms with Crippen molar-refractivity contribution in [3.63, 3.8) is 0 Å². The molecule has 1 aliphatic heterocycles. The zero-order valence-corrected chi connectivity index (χ0v) is 13.0. The van der Waals surface area contributed by atoms with Crippen LogP contribution in [0.2, 0.25) is 0 Å². The minimum absolute atomic E-state index is 0.0703. The van der Waals surface area contributed by atoms with Crippen molar-refractivity contribution in [2.24, 2.45) is 0 Å². The quantitative estimate of drug-likeness (QED) is 0.927. The van der Waals surface area contributed by atoms with Crippen LogP contribution in [0.15, 0.2) is 36.4 Å². The molecule has 4 nitrogen and oxygen atoms in total. The minimum atomic E-state index is -0.570. The first-order valence-corrected chi connectivity index (χ1v) is 7.29. The highest BCUT2D eigenvalue weighted by atomic mass is 16.5. The van der Waals surface area contributed by atoms with Gasteiger partial charge in [-0.1, -0.05) is 23.8 Å². The average molecular weight is 297 g/mol. The molecule has 0 aromatic heterocycles. The van der Waals surface area contributed by atoms with Crippen LogP contribution in [0, 0.1) is 13.8 Å². The Hall–Kier alpha value is -2.49. The van der Waals surface area contributed by atoms with Gasteiger partial charge < -0.3 is 14.7 Å². The van der Waals surface area contributed by atoms with Crippen molar-refractivity contribution in [1.29, 1.82) is 0 Å². The Morgan fingerprint density at radius 1 is 1.18 bits per heavy atom. The summed E-state index contributed by atoms with van der Waals surface area (Å²) in [5.74, 6) is 0.600. The van der Waals surface area contributed by atoms with E-state index in [0.717, 1.165) is 16.7 Å². The molecule has 4 heteroatoms. The van der Waals surface area contributed by atoms with Crippen LogP contribution in [0.25, 0.3) is 0 Å². The van der Waals surface area contributed by atoms with Gasteiger partial charge in [0.25, 0.3) is 5.91 Å². The van der Waals surface area contributed by atoms with E-state index in [1.807, 2.05) is 13.8 Å². The number of hydrogen-bond donors (Lipinski definition) is 1. The highest BCUT2D eigenvalue weighted by Crippen LogP contribution is 2.36. The highest BCUT2D eigenvalue weighted by Gasteiger charge is 2.32. The number of aromatic hydroxyl groups is 1. The number of rotatable bonds is 2. The fraction of sp³-hybridized carbons (Fsp3) is 0.278. The van der Waals surface area contributed by atoms with E-state index in [1.165, 1.54) is 0 Å². The molecule has 0 bridgehead atoms. The molecule has 114 valence electrons. The number of likely N-dealkylation sites (N-methyl/N-ethyl adjacent to an activating group) is 1. The Morgan fingerprint density at radius 3 is 2.73 bits per heavy atom. The second-order valence-corrected chi connectivity index (χ2v) is 5.79. The van der Waals surface area contributed by atoms with Gasteiger partial charge in [-0.05, 0) is 37.1 Å². The lowest BCUT2D eigenvalue weighted by molar-refractivity contribution is -0.125. The molecule has 0 radical (unpaired) electrons. The molecule has 3 rings (SSSR count).